The molecule has 1 fully saturated rings. The predicted molar refractivity (Wildman–Crippen MR) is 131 cm³/mol. The Labute approximate surface area is 208 Å². The van der Waals surface area contributed by atoms with Crippen molar-refractivity contribution in [2.75, 3.05) is 6.61 Å². The molecule has 1 aromatic heterocycles. The van der Waals surface area contributed by atoms with Gasteiger partial charge in [0.2, 0.25) is 5.91 Å². The van der Waals surface area contributed by atoms with E-state index in [0.29, 0.717) is 43.9 Å². The SMILES string of the molecule is Cc1cccc(C(Cc2ccc(F)cc2)=NN2C(=O)CC[C@@H]2COCc2ccccc2)n1.FB(F)F. The van der Waals surface area contributed by atoms with E-state index in [9.17, 15) is 22.1 Å². The number of carbonyl (C=O) groups is 1. The molecule has 5 nitrogen and oxygen atoms in total. The average molecular weight is 499 g/mol. The highest BCUT2D eigenvalue weighted by molar-refractivity contribution is 6.33. The van der Waals surface area contributed by atoms with Gasteiger partial charge < -0.3 is 4.74 Å². The van der Waals surface area contributed by atoms with E-state index >= 15 is 0 Å². The monoisotopic (exact) mass is 499 g/mol. The summed E-state index contributed by atoms with van der Waals surface area (Å²) in [5.74, 6) is -0.311. The Morgan fingerprint density at radius 2 is 1.72 bits per heavy atom. The van der Waals surface area contributed by atoms with Gasteiger partial charge in [-0.05, 0) is 48.7 Å². The van der Waals surface area contributed by atoms with E-state index in [1.165, 1.54) is 12.1 Å². The number of benzene rings is 2. The average Bonchev–Trinajstić information content (AvgIpc) is 3.19. The molecule has 1 saturated heterocycles. The molecule has 1 aliphatic rings. The number of hydrazone groups is 1. The largest absolute Gasteiger partial charge is 0.762 e. The second-order valence-corrected chi connectivity index (χ2v) is 8.19. The lowest BCUT2D eigenvalue weighted by Gasteiger charge is -2.21. The second kappa shape index (κ2) is 13.5. The van der Waals surface area contributed by atoms with Crippen LogP contribution in [0.25, 0.3) is 0 Å². The number of ether oxygens (including phenoxy) is 1. The molecule has 0 bridgehead atoms. The maximum Gasteiger partial charge on any atom is 0.762 e. The van der Waals surface area contributed by atoms with Gasteiger partial charge in [0.25, 0.3) is 0 Å². The third-order valence-electron chi connectivity index (χ3n) is 5.41. The summed E-state index contributed by atoms with van der Waals surface area (Å²) in [5.41, 5.74) is 4.23. The molecule has 188 valence electrons. The van der Waals surface area contributed by atoms with Crippen LogP contribution in [0.5, 0.6) is 0 Å². The summed E-state index contributed by atoms with van der Waals surface area (Å²) in [5, 5.41) is 6.31. The van der Waals surface area contributed by atoms with E-state index in [2.05, 4.69) is 4.98 Å². The molecular weight excluding hydrogens is 473 g/mol. The number of aryl methyl sites for hydroxylation is 1. The summed E-state index contributed by atoms with van der Waals surface area (Å²) in [6, 6.07) is 21.9. The number of hydrogen-bond donors (Lipinski definition) is 0. The minimum Gasteiger partial charge on any atom is -0.375 e. The summed E-state index contributed by atoms with van der Waals surface area (Å²) in [6.07, 6.45) is 1.58. The molecule has 1 amide bonds. The number of hydrogen-bond acceptors (Lipinski definition) is 4. The quantitative estimate of drug-likeness (QED) is 0.232. The van der Waals surface area contributed by atoms with Gasteiger partial charge in [-0.2, -0.15) is 5.10 Å². The van der Waals surface area contributed by atoms with Crippen LogP contribution in [0.15, 0.2) is 77.9 Å². The van der Waals surface area contributed by atoms with Crippen LogP contribution in [0.2, 0.25) is 0 Å². The number of rotatable bonds is 8. The Morgan fingerprint density at radius 1 is 1.03 bits per heavy atom. The van der Waals surface area contributed by atoms with Crippen molar-refractivity contribution in [1.82, 2.24) is 9.99 Å². The van der Waals surface area contributed by atoms with Crippen LogP contribution in [0, 0.1) is 12.7 Å². The third kappa shape index (κ3) is 8.60. The highest BCUT2D eigenvalue weighted by Crippen LogP contribution is 2.22. The molecule has 0 aliphatic carbocycles. The number of nitrogens with zero attached hydrogens (tertiary/aromatic N) is 3. The smallest absolute Gasteiger partial charge is 0.375 e. The molecular formula is C26H26BF4N3O2. The zero-order valence-corrected chi connectivity index (χ0v) is 19.8. The molecule has 1 aliphatic heterocycles. The Morgan fingerprint density at radius 3 is 2.39 bits per heavy atom. The van der Waals surface area contributed by atoms with Crippen molar-refractivity contribution in [3.63, 3.8) is 0 Å². The Balaban J connectivity index is 0.000000840. The molecule has 3 aromatic rings. The standard InChI is InChI=1S/C26H26FN3O2.BF3/c1-19-6-5-9-24(28-19)25(16-20-10-12-22(27)13-11-20)29-30-23(14-15-26(30)31)18-32-17-21-7-3-2-4-8-21;2-1(3)4/h2-13,23H,14-18H2,1H3;/t23-;/m1./s1. The number of halogens is 4. The van der Waals surface area contributed by atoms with Gasteiger partial charge in [0.1, 0.15) is 5.82 Å². The van der Waals surface area contributed by atoms with Crippen molar-refractivity contribution in [3.8, 4) is 0 Å². The van der Waals surface area contributed by atoms with Gasteiger partial charge in [-0.25, -0.2) is 9.40 Å². The lowest BCUT2D eigenvalue weighted by Crippen LogP contribution is -2.33. The molecule has 0 unspecified atom stereocenters. The highest BCUT2D eigenvalue weighted by atomic mass is 19.4. The number of carbonyl (C=O) groups excluding carboxylic acids is 1. The minimum atomic E-state index is -3.67. The maximum atomic E-state index is 13.4. The molecule has 4 rings (SSSR count). The first kappa shape index (κ1) is 27.1. The van der Waals surface area contributed by atoms with E-state index < -0.39 is 7.54 Å². The normalized spacial score (nSPS) is 15.5. The molecule has 0 radical (unpaired) electrons. The highest BCUT2D eigenvalue weighted by Gasteiger charge is 2.32. The molecule has 0 spiro atoms. The van der Waals surface area contributed by atoms with Crippen LogP contribution in [0.1, 0.15) is 35.4 Å². The topological polar surface area (TPSA) is 54.8 Å². The van der Waals surface area contributed by atoms with Gasteiger partial charge in [-0.1, -0.05) is 48.5 Å². The fourth-order valence-electron chi connectivity index (χ4n) is 3.72. The minimum absolute atomic E-state index is 0.0254. The maximum absolute atomic E-state index is 13.4. The van der Waals surface area contributed by atoms with E-state index in [0.717, 1.165) is 16.8 Å². The number of amides is 1. The van der Waals surface area contributed by atoms with Gasteiger partial charge in [-0.15, -0.1) is 0 Å². The van der Waals surface area contributed by atoms with Crippen LogP contribution in [0.3, 0.4) is 0 Å². The van der Waals surface area contributed by atoms with Crippen molar-refractivity contribution in [1.29, 1.82) is 0 Å². The Bertz CT molecular complexity index is 1140. The van der Waals surface area contributed by atoms with Crippen molar-refractivity contribution in [3.05, 3.63) is 101 Å². The first-order chi connectivity index (χ1) is 17.3. The van der Waals surface area contributed by atoms with Crippen LogP contribution in [-0.4, -0.2) is 41.8 Å². The molecule has 10 heteroatoms. The summed E-state index contributed by atoms with van der Waals surface area (Å²) in [7, 11) is -3.67. The third-order valence-corrected chi connectivity index (χ3v) is 5.41. The van der Waals surface area contributed by atoms with Gasteiger partial charge in [0.15, 0.2) is 0 Å². The second-order valence-electron chi connectivity index (χ2n) is 8.19. The summed E-state index contributed by atoms with van der Waals surface area (Å²) < 4.78 is 48.3. The summed E-state index contributed by atoms with van der Waals surface area (Å²) in [6.45, 7) is 2.82. The van der Waals surface area contributed by atoms with Crippen LogP contribution < -0.4 is 0 Å². The molecule has 0 N–H and O–H groups in total. The molecule has 36 heavy (non-hydrogen) atoms. The lowest BCUT2D eigenvalue weighted by atomic mass is 10.1. The van der Waals surface area contributed by atoms with E-state index in [1.54, 1.807) is 17.1 Å². The van der Waals surface area contributed by atoms with Crippen molar-refractivity contribution in [2.24, 2.45) is 5.10 Å². The van der Waals surface area contributed by atoms with Crippen LogP contribution in [-0.2, 0) is 22.6 Å². The van der Waals surface area contributed by atoms with Crippen LogP contribution >= 0.6 is 0 Å². The van der Waals surface area contributed by atoms with Gasteiger partial charge in [0, 0.05) is 18.5 Å². The number of pyridine rings is 1. The predicted octanol–water partition coefficient (Wildman–Crippen LogP) is 5.56. The first-order valence-corrected chi connectivity index (χ1v) is 11.4. The summed E-state index contributed by atoms with van der Waals surface area (Å²) >= 11 is 0. The zero-order chi connectivity index (χ0) is 25.9. The molecule has 2 aromatic carbocycles. The van der Waals surface area contributed by atoms with Gasteiger partial charge in [0.05, 0.1) is 30.7 Å². The van der Waals surface area contributed by atoms with Gasteiger partial charge in [-0.3, -0.25) is 22.7 Å². The van der Waals surface area contributed by atoms with Crippen LogP contribution in [0.4, 0.5) is 17.3 Å². The Kier molecular flexibility index (Phi) is 10.2. The fraction of sp³-hybridized carbons (Fsp3) is 0.269. The number of aromatic nitrogens is 1. The van der Waals surface area contributed by atoms with E-state index in [-0.39, 0.29) is 17.8 Å². The Hall–Kier alpha value is -3.53. The zero-order valence-electron chi connectivity index (χ0n) is 19.8. The van der Waals surface area contributed by atoms with Crippen molar-refractivity contribution >= 4 is 19.2 Å². The van der Waals surface area contributed by atoms with E-state index in [4.69, 9.17) is 9.84 Å². The van der Waals surface area contributed by atoms with Crippen molar-refractivity contribution in [2.45, 2.75) is 38.8 Å². The molecule has 2 heterocycles. The lowest BCUT2D eigenvalue weighted by molar-refractivity contribution is -0.129. The molecule has 1 atom stereocenters. The summed E-state index contributed by atoms with van der Waals surface area (Å²) in [4.78, 5) is 17.2. The van der Waals surface area contributed by atoms with Crippen molar-refractivity contribution < 1.29 is 26.9 Å². The van der Waals surface area contributed by atoms with Gasteiger partial charge >= 0.3 is 7.54 Å². The first-order valence-electron chi connectivity index (χ1n) is 11.4. The fourth-order valence-corrected chi connectivity index (χ4v) is 3.72. The molecule has 0 saturated carbocycles. The van der Waals surface area contributed by atoms with E-state index in [1.807, 2.05) is 55.5 Å².